The molecule has 1 aromatic heterocycles. The number of nitrogens with zero attached hydrogens (tertiary/aromatic N) is 1. The van der Waals surface area contributed by atoms with Crippen LogP contribution in [0.4, 0.5) is 11.4 Å². The number of carbonyl (C=O) groups excluding carboxylic acids is 1. The summed E-state index contributed by atoms with van der Waals surface area (Å²) in [5, 5.41) is 4.18. The Morgan fingerprint density at radius 1 is 1.04 bits per heavy atom. The number of nitrogen functional groups attached to an aromatic ring is 1. The van der Waals surface area contributed by atoms with E-state index in [0.29, 0.717) is 0 Å². The minimum absolute atomic E-state index is 0.108. The van der Waals surface area contributed by atoms with Crippen molar-refractivity contribution < 1.29 is 4.79 Å². The molecule has 1 saturated carbocycles. The summed E-state index contributed by atoms with van der Waals surface area (Å²) in [5.41, 5.74) is 9.07. The van der Waals surface area contributed by atoms with Crippen molar-refractivity contribution in [1.82, 2.24) is 4.98 Å². The molecule has 4 rings (SSSR count). The standard InChI is InChI=1S/C23H25N3O/c24-19-10-8-17(9-11-19)15-23(12-4-1-5-13-23)22(27)26-20-14-18-6-2-3-7-21(18)25-16-20/h2-3,6-11,14,16H,1,4-5,12-13,15,24H2,(H,26,27). The predicted molar refractivity (Wildman–Crippen MR) is 110 cm³/mol. The van der Waals surface area contributed by atoms with Crippen molar-refractivity contribution in [1.29, 1.82) is 0 Å². The van der Waals surface area contributed by atoms with Crippen LogP contribution in [0.3, 0.4) is 0 Å². The predicted octanol–water partition coefficient (Wildman–Crippen LogP) is 4.95. The lowest BCUT2D eigenvalue weighted by atomic mass is 9.69. The number of carbonyl (C=O) groups is 1. The molecule has 4 nitrogen and oxygen atoms in total. The van der Waals surface area contributed by atoms with E-state index in [0.717, 1.165) is 59.9 Å². The van der Waals surface area contributed by atoms with Crippen molar-refractivity contribution >= 4 is 28.2 Å². The molecule has 1 aliphatic rings. The van der Waals surface area contributed by atoms with Gasteiger partial charge in [-0.1, -0.05) is 49.6 Å². The zero-order valence-electron chi connectivity index (χ0n) is 15.4. The Kier molecular flexibility index (Phi) is 4.80. The molecule has 3 aromatic rings. The first-order valence-electron chi connectivity index (χ1n) is 9.65. The average molecular weight is 359 g/mol. The Morgan fingerprint density at radius 3 is 2.56 bits per heavy atom. The van der Waals surface area contributed by atoms with Crippen LogP contribution < -0.4 is 11.1 Å². The van der Waals surface area contributed by atoms with Crippen molar-refractivity contribution in [3.05, 3.63) is 66.4 Å². The summed E-state index contributed by atoms with van der Waals surface area (Å²) in [6.45, 7) is 0. The fraction of sp³-hybridized carbons (Fsp3) is 0.304. The molecular formula is C23H25N3O. The molecule has 0 atom stereocenters. The lowest BCUT2D eigenvalue weighted by Gasteiger charge is -2.36. The quantitative estimate of drug-likeness (QED) is 0.648. The average Bonchev–Trinajstić information content (AvgIpc) is 2.70. The van der Waals surface area contributed by atoms with Crippen LogP contribution in [-0.2, 0) is 11.2 Å². The highest BCUT2D eigenvalue weighted by atomic mass is 16.2. The molecule has 0 bridgehead atoms. The highest BCUT2D eigenvalue weighted by Gasteiger charge is 2.39. The maximum absolute atomic E-state index is 13.3. The molecule has 1 heterocycles. The Balaban J connectivity index is 1.58. The van der Waals surface area contributed by atoms with Gasteiger partial charge in [0.15, 0.2) is 0 Å². The molecule has 0 unspecified atom stereocenters. The van der Waals surface area contributed by atoms with Gasteiger partial charge in [-0.15, -0.1) is 0 Å². The second-order valence-corrected chi connectivity index (χ2v) is 7.63. The van der Waals surface area contributed by atoms with Crippen LogP contribution in [0.1, 0.15) is 37.7 Å². The van der Waals surface area contributed by atoms with Crippen molar-refractivity contribution in [2.24, 2.45) is 5.41 Å². The molecular weight excluding hydrogens is 334 g/mol. The van der Waals surface area contributed by atoms with Crippen LogP contribution in [-0.4, -0.2) is 10.9 Å². The monoisotopic (exact) mass is 359 g/mol. The molecule has 0 radical (unpaired) electrons. The van der Waals surface area contributed by atoms with Crippen LogP contribution in [0.5, 0.6) is 0 Å². The third-order valence-electron chi connectivity index (χ3n) is 5.66. The lowest BCUT2D eigenvalue weighted by molar-refractivity contribution is -0.127. The van der Waals surface area contributed by atoms with E-state index in [2.05, 4.69) is 10.3 Å². The summed E-state index contributed by atoms with van der Waals surface area (Å²) in [5.74, 6) is 0.108. The molecule has 0 spiro atoms. The van der Waals surface area contributed by atoms with Gasteiger partial charge in [-0.25, -0.2) is 0 Å². The van der Waals surface area contributed by atoms with Crippen LogP contribution in [0.25, 0.3) is 10.9 Å². The van der Waals surface area contributed by atoms with E-state index in [1.807, 2.05) is 54.6 Å². The van der Waals surface area contributed by atoms with Crippen molar-refractivity contribution in [2.45, 2.75) is 38.5 Å². The van der Waals surface area contributed by atoms with Crippen LogP contribution in [0.15, 0.2) is 60.8 Å². The van der Waals surface area contributed by atoms with E-state index in [-0.39, 0.29) is 11.3 Å². The smallest absolute Gasteiger partial charge is 0.230 e. The van der Waals surface area contributed by atoms with Gasteiger partial charge in [0, 0.05) is 11.1 Å². The lowest BCUT2D eigenvalue weighted by Crippen LogP contribution is -2.40. The van der Waals surface area contributed by atoms with Gasteiger partial charge in [0.2, 0.25) is 5.91 Å². The maximum atomic E-state index is 13.3. The molecule has 138 valence electrons. The van der Waals surface area contributed by atoms with Gasteiger partial charge in [-0.3, -0.25) is 9.78 Å². The number of anilines is 2. The van der Waals surface area contributed by atoms with Crippen molar-refractivity contribution in [2.75, 3.05) is 11.1 Å². The summed E-state index contributed by atoms with van der Waals surface area (Å²) < 4.78 is 0. The Morgan fingerprint density at radius 2 is 1.78 bits per heavy atom. The molecule has 2 aromatic carbocycles. The maximum Gasteiger partial charge on any atom is 0.230 e. The van der Waals surface area contributed by atoms with E-state index in [1.165, 1.54) is 6.42 Å². The number of benzene rings is 2. The number of nitrogens with two attached hydrogens (primary N) is 1. The number of hydrogen-bond acceptors (Lipinski definition) is 3. The summed E-state index contributed by atoms with van der Waals surface area (Å²) in [6.07, 6.45) is 7.74. The van der Waals surface area contributed by atoms with Gasteiger partial charge in [0.1, 0.15) is 0 Å². The molecule has 0 aliphatic heterocycles. The summed E-state index contributed by atoms with van der Waals surface area (Å²) in [7, 11) is 0. The molecule has 3 N–H and O–H groups in total. The van der Waals surface area contributed by atoms with Gasteiger partial charge >= 0.3 is 0 Å². The number of nitrogens with one attached hydrogen (secondary N) is 1. The fourth-order valence-corrected chi connectivity index (χ4v) is 4.14. The van der Waals surface area contributed by atoms with Crippen molar-refractivity contribution in [3.8, 4) is 0 Å². The van der Waals surface area contributed by atoms with Crippen LogP contribution in [0, 0.1) is 5.41 Å². The molecule has 27 heavy (non-hydrogen) atoms. The first-order valence-corrected chi connectivity index (χ1v) is 9.65. The Labute approximate surface area is 159 Å². The van der Waals surface area contributed by atoms with E-state index < -0.39 is 0 Å². The van der Waals surface area contributed by atoms with Crippen LogP contribution in [0.2, 0.25) is 0 Å². The first-order chi connectivity index (χ1) is 13.1. The van der Waals surface area contributed by atoms with Gasteiger partial charge in [0.25, 0.3) is 0 Å². The summed E-state index contributed by atoms with van der Waals surface area (Å²) in [6, 6.07) is 17.9. The molecule has 1 amide bonds. The van der Waals surface area contributed by atoms with Gasteiger partial charge in [-0.2, -0.15) is 0 Å². The van der Waals surface area contributed by atoms with E-state index in [4.69, 9.17) is 5.73 Å². The normalized spacial score (nSPS) is 16.1. The van der Waals surface area contributed by atoms with Gasteiger partial charge < -0.3 is 11.1 Å². The van der Waals surface area contributed by atoms with E-state index in [1.54, 1.807) is 6.20 Å². The van der Waals surface area contributed by atoms with E-state index in [9.17, 15) is 4.79 Å². The molecule has 1 fully saturated rings. The second-order valence-electron chi connectivity index (χ2n) is 7.63. The Hall–Kier alpha value is -2.88. The van der Waals surface area contributed by atoms with E-state index >= 15 is 0 Å². The number of amides is 1. The fourth-order valence-electron chi connectivity index (χ4n) is 4.14. The zero-order valence-corrected chi connectivity index (χ0v) is 15.4. The number of hydrogen-bond donors (Lipinski definition) is 2. The van der Waals surface area contributed by atoms with Crippen molar-refractivity contribution in [3.63, 3.8) is 0 Å². The largest absolute Gasteiger partial charge is 0.399 e. The highest BCUT2D eigenvalue weighted by Crippen LogP contribution is 2.40. The molecule has 0 saturated heterocycles. The zero-order chi connectivity index (χ0) is 18.7. The van der Waals surface area contributed by atoms with Gasteiger partial charge in [-0.05, 0) is 49.1 Å². The number of fused-ring (bicyclic) bond motifs is 1. The number of para-hydroxylation sites is 1. The number of pyridine rings is 1. The number of rotatable bonds is 4. The Bertz CT molecular complexity index is 943. The second kappa shape index (κ2) is 7.39. The first kappa shape index (κ1) is 17.5. The molecule has 1 aliphatic carbocycles. The third kappa shape index (κ3) is 3.80. The minimum atomic E-state index is -0.361. The summed E-state index contributed by atoms with van der Waals surface area (Å²) >= 11 is 0. The number of aromatic nitrogens is 1. The topological polar surface area (TPSA) is 68.0 Å². The highest BCUT2D eigenvalue weighted by molar-refractivity contribution is 5.97. The summed E-state index contributed by atoms with van der Waals surface area (Å²) in [4.78, 5) is 17.8. The van der Waals surface area contributed by atoms with Crippen LogP contribution >= 0.6 is 0 Å². The molecule has 4 heteroatoms. The van der Waals surface area contributed by atoms with Gasteiger partial charge in [0.05, 0.1) is 22.8 Å². The minimum Gasteiger partial charge on any atom is -0.399 e. The SMILES string of the molecule is Nc1ccc(CC2(C(=O)Nc3cnc4ccccc4c3)CCCCC2)cc1. The third-order valence-corrected chi connectivity index (χ3v) is 5.66.